The standard InChI is InChI=1S/C21H35N3O2.HI/c1-16(2)26-20-11-9-18(10-12-20)24-21(23-17-6-3-4-7-17)22-14-13-19-8-5-15-25-19;/h5,8,15-18,20H,3-4,6-7,9-14H2,1-2H3,(H2,22,23,24);1H. The van der Waals surface area contributed by atoms with Crippen LogP contribution >= 0.6 is 24.0 Å². The van der Waals surface area contributed by atoms with Crippen LogP contribution in [0.3, 0.4) is 0 Å². The zero-order valence-corrected chi connectivity index (χ0v) is 19.1. The molecule has 0 bridgehead atoms. The van der Waals surface area contributed by atoms with E-state index in [0.717, 1.165) is 50.4 Å². The number of aliphatic imine (C=N–C) groups is 1. The first kappa shape index (κ1) is 22.5. The molecular formula is C21H36IN3O2. The Morgan fingerprint density at radius 2 is 1.78 bits per heavy atom. The highest BCUT2D eigenvalue weighted by atomic mass is 127. The molecule has 27 heavy (non-hydrogen) atoms. The van der Waals surface area contributed by atoms with Crippen molar-refractivity contribution in [1.29, 1.82) is 0 Å². The monoisotopic (exact) mass is 489 g/mol. The van der Waals surface area contributed by atoms with E-state index in [1.165, 1.54) is 25.7 Å². The van der Waals surface area contributed by atoms with Crippen LogP contribution in [-0.4, -0.2) is 36.8 Å². The second kappa shape index (κ2) is 11.9. The van der Waals surface area contributed by atoms with Crippen LogP contribution in [0.1, 0.15) is 71.0 Å². The van der Waals surface area contributed by atoms with Crippen molar-refractivity contribution < 1.29 is 9.15 Å². The average Bonchev–Trinajstić information content (AvgIpc) is 3.30. The molecule has 1 heterocycles. The van der Waals surface area contributed by atoms with Crippen LogP contribution < -0.4 is 10.6 Å². The second-order valence-electron chi connectivity index (χ2n) is 7.99. The topological polar surface area (TPSA) is 58.8 Å². The smallest absolute Gasteiger partial charge is 0.191 e. The van der Waals surface area contributed by atoms with Gasteiger partial charge < -0.3 is 19.8 Å². The number of halogens is 1. The molecule has 2 saturated carbocycles. The lowest BCUT2D eigenvalue weighted by Crippen LogP contribution is -2.48. The van der Waals surface area contributed by atoms with Gasteiger partial charge in [-0.25, -0.2) is 0 Å². The molecule has 0 aliphatic heterocycles. The molecule has 2 aliphatic carbocycles. The van der Waals surface area contributed by atoms with Gasteiger partial charge in [0, 0.05) is 25.0 Å². The minimum absolute atomic E-state index is 0. The molecule has 0 spiro atoms. The third-order valence-electron chi connectivity index (χ3n) is 5.38. The van der Waals surface area contributed by atoms with E-state index in [-0.39, 0.29) is 24.0 Å². The largest absolute Gasteiger partial charge is 0.469 e. The third-order valence-corrected chi connectivity index (χ3v) is 5.38. The van der Waals surface area contributed by atoms with Gasteiger partial charge in [-0.15, -0.1) is 24.0 Å². The molecule has 154 valence electrons. The molecule has 0 unspecified atom stereocenters. The van der Waals surface area contributed by atoms with E-state index in [4.69, 9.17) is 14.1 Å². The number of nitrogens with zero attached hydrogens (tertiary/aromatic N) is 1. The van der Waals surface area contributed by atoms with Crippen molar-refractivity contribution in [2.24, 2.45) is 4.99 Å². The van der Waals surface area contributed by atoms with E-state index in [1.54, 1.807) is 6.26 Å². The highest BCUT2D eigenvalue weighted by Gasteiger charge is 2.24. The fourth-order valence-electron chi connectivity index (χ4n) is 4.05. The fourth-order valence-corrected chi connectivity index (χ4v) is 4.05. The summed E-state index contributed by atoms with van der Waals surface area (Å²) in [7, 11) is 0. The summed E-state index contributed by atoms with van der Waals surface area (Å²) in [5.74, 6) is 1.98. The van der Waals surface area contributed by atoms with Crippen LogP contribution in [0.25, 0.3) is 0 Å². The van der Waals surface area contributed by atoms with Gasteiger partial charge in [0.25, 0.3) is 0 Å². The summed E-state index contributed by atoms with van der Waals surface area (Å²) < 4.78 is 11.4. The number of hydrogen-bond donors (Lipinski definition) is 2. The SMILES string of the molecule is CC(C)OC1CCC(NC(=NCCc2ccco2)NC2CCCC2)CC1.I. The van der Waals surface area contributed by atoms with Crippen LogP contribution in [0, 0.1) is 0 Å². The van der Waals surface area contributed by atoms with E-state index < -0.39 is 0 Å². The fraction of sp³-hybridized carbons (Fsp3) is 0.762. The summed E-state index contributed by atoms with van der Waals surface area (Å²) >= 11 is 0. The Balaban J connectivity index is 0.00000261. The summed E-state index contributed by atoms with van der Waals surface area (Å²) in [4.78, 5) is 4.83. The van der Waals surface area contributed by atoms with Crippen molar-refractivity contribution in [2.75, 3.05) is 6.54 Å². The molecule has 1 aromatic rings. The van der Waals surface area contributed by atoms with Crippen LogP contribution in [0.4, 0.5) is 0 Å². The van der Waals surface area contributed by atoms with Crippen molar-refractivity contribution in [3.8, 4) is 0 Å². The van der Waals surface area contributed by atoms with Crippen molar-refractivity contribution in [1.82, 2.24) is 10.6 Å². The highest BCUT2D eigenvalue weighted by molar-refractivity contribution is 14.0. The third kappa shape index (κ3) is 8.02. The van der Waals surface area contributed by atoms with Crippen LogP contribution in [-0.2, 0) is 11.2 Å². The Hall–Kier alpha value is -0.760. The minimum Gasteiger partial charge on any atom is -0.469 e. The van der Waals surface area contributed by atoms with Gasteiger partial charge >= 0.3 is 0 Å². The molecule has 2 fully saturated rings. The number of furan rings is 1. The maximum atomic E-state index is 5.97. The molecule has 3 rings (SSSR count). The Labute approximate surface area is 181 Å². The molecule has 0 atom stereocenters. The Bertz CT molecular complexity index is 534. The van der Waals surface area contributed by atoms with Crippen molar-refractivity contribution in [3.63, 3.8) is 0 Å². The zero-order valence-electron chi connectivity index (χ0n) is 16.8. The van der Waals surface area contributed by atoms with Gasteiger partial charge in [0.15, 0.2) is 5.96 Å². The van der Waals surface area contributed by atoms with Gasteiger partial charge in [0.05, 0.1) is 18.5 Å². The normalized spacial score (nSPS) is 24.0. The lowest BCUT2D eigenvalue weighted by atomic mass is 9.93. The minimum atomic E-state index is 0. The predicted molar refractivity (Wildman–Crippen MR) is 121 cm³/mol. The zero-order chi connectivity index (χ0) is 18.2. The van der Waals surface area contributed by atoms with Gasteiger partial charge in [-0.2, -0.15) is 0 Å². The van der Waals surface area contributed by atoms with Gasteiger partial charge in [-0.3, -0.25) is 4.99 Å². The van der Waals surface area contributed by atoms with Gasteiger partial charge in [0.1, 0.15) is 5.76 Å². The van der Waals surface area contributed by atoms with Crippen LogP contribution in [0.2, 0.25) is 0 Å². The summed E-state index contributed by atoms with van der Waals surface area (Å²) in [6.07, 6.45) is 13.1. The molecule has 0 radical (unpaired) electrons. The van der Waals surface area contributed by atoms with Crippen molar-refractivity contribution >= 4 is 29.9 Å². The Kier molecular flexibility index (Phi) is 9.96. The number of rotatable bonds is 7. The molecule has 0 aromatic carbocycles. The van der Waals surface area contributed by atoms with Gasteiger partial charge in [-0.1, -0.05) is 12.8 Å². The molecule has 2 aliphatic rings. The number of ether oxygens (including phenoxy) is 1. The highest BCUT2D eigenvalue weighted by Crippen LogP contribution is 2.22. The quantitative estimate of drug-likeness (QED) is 0.333. The maximum absolute atomic E-state index is 5.97. The van der Waals surface area contributed by atoms with E-state index in [0.29, 0.717) is 24.3 Å². The molecule has 2 N–H and O–H groups in total. The summed E-state index contributed by atoms with van der Waals surface area (Å²) in [5.41, 5.74) is 0. The number of nitrogens with one attached hydrogen (secondary N) is 2. The molecule has 5 nitrogen and oxygen atoms in total. The second-order valence-corrected chi connectivity index (χ2v) is 7.99. The van der Waals surface area contributed by atoms with Gasteiger partial charge in [0.2, 0.25) is 0 Å². The molecule has 0 amide bonds. The maximum Gasteiger partial charge on any atom is 0.191 e. The average molecular weight is 489 g/mol. The molecule has 1 aromatic heterocycles. The lowest BCUT2D eigenvalue weighted by molar-refractivity contribution is -0.0152. The van der Waals surface area contributed by atoms with Gasteiger partial charge in [-0.05, 0) is 64.5 Å². The molecular weight excluding hydrogens is 453 g/mol. The molecule has 0 saturated heterocycles. The first-order valence-corrected chi connectivity index (χ1v) is 10.4. The first-order chi connectivity index (χ1) is 12.7. The van der Waals surface area contributed by atoms with Crippen LogP contribution in [0.15, 0.2) is 27.8 Å². The number of hydrogen-bond acceptors (Lipinski definition) is 3. The number of guanidine groups is 1. The summed E-state index contributed by atoms with van der Waals surface area (Å²) in [6.45, 7) is 5.00. The van der Waals surface area contributed by atoms with Crippen LogP contribution in [0.5, 0.6) is 0 Å². The Morgan fingerprint density at radius 1 is 1.11 bits per heavy atom. The Morgan fingerprint density at radius 3 is 2.37 bits per heavy atom. The summed E-state index contributed by atoms with van der Waals surface area (Å²) in [6, 6.07) is 5.03. The van der Waals surface area contributed by atoms with Crippen molar-refractivity contribution in [3.05, 3.63) is 24.2 Å². The molecule has 6 heteroatoms. The van der Waals surface area contributed by atoms with E-state index in [9.17, 15) is 0 Å². The predicted octanol–water partition coefficient (Wildman–Crippen LogP) is 4.65. The lowest BCUT2D eigenvalue weighted by Gasteiger charge is -2.31. The van der Waals surface area contributed by atoms with E-state index in [1.807, 2.05) is 12.1 Å². The van der Waals surface area contributed by atoms with E-state index >= 15 is 0 Å². The first-order valence-electron chi connectivity index (χ1n) is 10.4. The van der Waals surface area contributed by atoms with E-state index in [2.05, 4.69) is 24.5 Å². The van der Waals surface area contributed by atoms with Crippen molar-refractivity contribution in [2.45, 2.75) is 95.9 Å². The summed E-state index contributed by atoms with van der Waals surface area (Å²) in [5, 5.41) is 7.35.